The second-order valence-corrected chi connectivity index (χ2v) is 6.32. The number of hydrogen-bond donors (Lipinski definition) is 2. The number of benzene rings is 1. The molecule has 20 heavy (non-hydrogen) atoms. The van der Waals surface area contributed by atoms with E-state index in [0.717, 1.165) is 12.0 Å². The van der Waals surface area contributed by atoms with Gasteiger partial charge in [-0.05, 0) is 36.7 Å². The Morgan fingerprint density at radius 2 is 1.85 bits per heavy atom. The monoisotopic (exact) mass is 274 g/mol. The first-order valence-electron chi connectivity index (χ1n) is 7.55. The third-order valence-electron chi connectivity index (χ3n) is 4.69. The van der Waals surface area contributed by atoms with Gasteiger partial charge < -0.3 is 10.2 Å². The molecule has 0 aliphatic heterocycles. The quantitative estimate of drug-likeness (QED) is 0.827. The van der Waals surface area contributed by atoms with Gasteiger partial charge in [0.05, 0.1) is 12.7 Å². The molecule has 0 radical (unpaired) electrons. The summed E-state index contributed by atoms with van der Waals surface area (Å²) in [4.78, 5) is 0. The van der Waals surface area contributed by atoms with E-state index in [0.29, 0.717) is 11.8 Å². The van der Waals surface area contributed by atoms with Crippen LogP contribution in [-0.2, 0) is 0 Å². The maximum absolute atomic E-state index is 10.8. The molecular formula is C18H26O2. The molecule has 1 aliphatic rings. The first kappa shape index (κ1) is 15.3. The van der Waals surface area contributed by atoms with E-state index in [9.17, 15) is 10.2 Å². The molecule has 2 nitrogen and oxygen atoms in total. The topological polar surface area (TPSA) is 40.5 Å². The van der Waals surface area contributed by atoms with Gasteiger partial charge in [0.25, 0.3) is 0 Å². The minimum atomic E-state index is -0.503. The Labute approximate surface area is 122 Å². The summed E-state index contributed by atoms with van der Waals surface area (Å²) in [6, 6.07) is 9.86. The van der Waals surface area contributed by atoms with Gasteiger partial charge in [-0.2, -0.15) is 0 Å². The van der Waals surface area contributed by atoms with Crippen molar-refractivity contribution in [2.24, 2.45) is 17.8 Å². The molecule has 0 saturated heterocycles. The van der Waals surface area contributed by atoms with E-state index in [2.05, 4.69) is 26.8 Å². The van der Waals surface area contributed by atoms with Crippen LogP contribution in [0, 0.1) is 17.8 Å². The lowest BCUT2D eigenvalue weighted by Gasteiger charge is -2.39. The van der Waals surface area contributed by atoms with E-state index in [1.165, 1.54) is 5.57 Å². The lowest BCUT2D eigenvalue weighted by molar-refractivity contribution is 0.0136. The van der Waals surface area contributed by atoms with Crippen molar-refractivity contribution in [2.45, 2.75) is 39.2 Å². The Morgan fingerprint density at radius 1 is 1.20 bits per heavy atom. The molecule has 0 aromatic heterocycles. The van der Waals surface area contributed by atoms with Crippen molar-refractivity contribution in [2.75, 3.05) is 6.61 Å². The number of allylic oxidation sites excluding steroid dienone is 2. The van der Waals surface area contributed by atoms with Crippen molar-refractivity contribution >= 4 is 0 Å². The number of aliphatic hydroxyl groups is 2. The molecule has 1 aromatic carbocycles. The third kappa shape index (κ3) is 3.13. The Kier molecular flexibility index (Phi) is 5.00. The molecule has 5 unspecified atom stereocenters. The van der Waals surface area contributed by atoms with Crippen LogP contribution in [0.25, 0.3) is 0 Å². The highest BCUT2D eigenvalue weighted by atomic mass is 16.3. The molecule has 0 fully saturated rings. The van der Waals surface area contributed by atoms with Gasteiger partial charge in [-0.1, -0.05) is 55.8 Å². The Bertz CT molecular complexity index is 452. The fourth-order valence-corrected chi connectivity index (χ4v) is 3.82. The van der Waals surface area contributed by atoms with Crippen LogP contribution < -0.4 is 0 Å². The average Bonchev–Trinajstić information content (AvgIpc) is 2.39. The van der Waals surface area contributed by atoms with Crippen LogP contribution in [0.2, 0.25) is 0 Å². The van der Waals surface area contributed by atoms with Gasteiger partial charge in [0.2, 0.25) is 0 Å². The molecule has 0 bridgehead atoms. The van der Waals surface area contributed by atoms with Crippen LogP contribution >= 0.6 is 0 Å². The molecule has 110 valence electrons. The summed E-state index contributed by atoms with van der Waals surface area (Å²) in [6.45, 7) is 6.53. The van der Waals surface area contributed by atoms with Crippen molar-refractivity contribution in [1.82, 2.24) is 0 Å². The molecule has 0 amide bonds. The normalized spacial score (nSPS) is 29.6. The molecule has 1 aliphatic carbocycles. The number of aliphatic hydroxyl groups excluding tert-OH is 2. The molecule has 0 spiro atoms. The predicted octanol–water partition coefficient (Wildman–Crippen LogP) is 3.36. The molecule has 0 saturated carbocycles. The summed E-state index contributed by atoms with van der Waals surface area (Å²) in [5.74, 6) is 0.809. The summed E-state index contributed by atoms with van der Waals surface area (Å²) in [5.41, 5.74) is 2.43. The van der Waals surface area contributed by atoms with Crippen molar-refractivity contribution in [3.63, 3.8) is 0 Å². The van der Waals surface area contributed by atoms with Crippen molar-refractivity contribution < 1.29 is 10.2 Å². The summed E-state index contributed by atoms with van der Waals surface area (Å²) >= 11 is 0. The van der Waals surface area contributed by atoms with E-state index in [-0.39, 0.29) is 18.4 Å². The largest absolute Gasteiger partial charge is 0.396 e. The zero-order valence-electron chi connectivity index (χ0n) is 12.7. The van der Waals surface area contributed by atoms with Crippen LogP contribution in [0.1, 0.15) is 38.7 Å². The van der Waals surface area contributed by atoms with Crippen molar-refractivity contribution in [1.29, 1.82) is 0 Å². The lowest BCUT2D eigenvalue weighted by atomic mass is 9.69. The predicted molar refractivity (Wildman–Crippen MR) is 82.5 cm³/mol. The maximum Gasteiger partial charge on any atom is 0.0667 e. The minimum Gasteiger partial charge on any atom is -0.396 e. The smallest absolute Gasteiger partial charge is 0.0667 e. The standard InChI is InChI=1S/C18H26O2/c1-12-9-13(2)17(14(3)10-12)18(20)16(11-19)15-7-5-4-6-8-15/h4-9,13-14,16-20H,10-11H2,1-3H3. The van der Waals surface area contributed by atoms with Crippen LogP contribution in [-0.4, -0.2) is 22.9 Å². The molecular weight excluding hydrogens is 248 g/mol. The van der Waals surface area contributed by atoms with Crippen LogP contribution in [0.15, 0.2) is 42.0 Å². The van der Waals surface area contributed by atoms with E-state index in [1.54, 1.807) is 0 Å². The van der Waals surface area contributed by atoms with Gasteiger partial charge >= 0.3 is 0 Å². The zero-order chi connectivity index (χ0) is 14.7. The summed E-state index contributed by atoms with van der Waals surface area (Å²) in [6.07, 6.45) is 2.81. The molecule has 0 heterocycles. The third-order valence-corrected chi connectivity index (χ3v) is 4.69. The molecule has 2 N–H and O–H groups in total. The van der Waals surface area contributed by atoms with Crippen molar-refractivity contribution in [3.05, 3.63) is 47.5 Å². The molecule has 2 rings (SSSR count). The SMILES string of the molecule is CC1=CC(C)C(C(O)C(CO)c2ccccc2)C(C)C1. The number of rotatable bonds is 4. The summed E-state index contributed by atoms with van der Waals surface area (Å²) < 4.78 is 0. The Morgan fingerprint density at radius 3 is 2.40 bits per heavy atom. The first-order chi connectivity index (χ1) is 9.54. The van der Waals surface area contributed by atoms with Gasteiger partial charge in [0, 0.05) is 5.92 Å². The molecule has 2 heteroatoms. The second kappa shape index (κ2) is 6.55. The van der Waals surface area contributed by atoms with E-state index in [1.807, 2.05) is 30.3 Å². The van der Waals surface area contributed by atoms with E-state index < -0.39 is 6.10 Å². The van der Waals surface area contributed by atoms with Crippen LogP contribution in [0.4, 0.5) is 0 Å². The second-order valence-electron chi connectivity index (χ2n) is 6.32. The highest BCUT2D eigenvalue weighted by molar-refractivity contribution is 5.22. The van der Waals surface area contributed by atoms with Gasteiger partial charge in [-0.25, -0.2) is 0 Å². The van der Waals surface area contributed by atoms with E-state index in [4.69, 9.17) is 0 Å². The Hall–Kier alpha value is -1.12. The van der Waals surface area contributed by atoms with Gasteiger partial charge in [0.1, 0.15) is 0 Å². The number of hydrogen-bond acceptors (Lipinski definition) is 2. The molecule has 1 aromatic rings. The summed E-state index contributed by atoms with van der Waals surface area (Å²) in [7, 11) is 0. The minimum absolute atomic E-state index is 0.0101. The van der Waals surface area contributed by atoms with Gasteiger partial charge in [-0.15, -0.1) is 0 Å². The fraction of sp³-hybridized carbons (Fsp3) is 0.556. The first-order valence-corrected chi connectivity index (χ1v) is 7.55. The summed E-state index contributed by atoms with van der Waals surface area (Å²) in [5, 5.41) is 20.6. The molecule has 5 atom stereocenters. The van der Waals surface area contributed by atoms with E-state index >= 15 is 0 Å². The lowest BCUT2D eigenvalue weighted by Crippen LogP contribution is -2.39. The van der Waals surface area contributed by atoms with Crippen LogP contribution in [0.3, 0.4) is 0 Å². The van der Waals surface area contributed by atoms with Gasteiger partial charge in [0.15, 0.2) is 0 Å². The fourth-order valence-electron chi connectivity index (χ4n) is 3.82. The highest BCUT2D eigenvalue weighted by Gasteiger charge is 2.36. The van der Waals surface area contributed by atoms with Crippen molar-refractivity contribution in [3.8, 4) is 0 Å². The highest BCUT2D eigenvalue weighted by Crippen LogP contribution is 2.39. The maximum atomic E-state index is 10.8. The van der Waals surface area contributed by atoms with Crippen LogP contribution in [0.5, 0.6) is 0 Å². The Balaban J connectivity index is 2.23. The van der Waals surface area contributed by atoms with Gasteiger partial charge in [-0.3, -0.25) is 0 Å². The zero-order valence-corrected chi connectivity index (χ0v) is 12.7. The average molecular weight is 274 g/mol.